The fourth-order valence-electron chi connectivity index (χ4n) is 3.12. The van der Waals surface area contributed by atoms with Gasteiger partial charge in [-0.2, -0.15) is 0 Å². The summed E-state index contributed by atoms with van der Waals surface area (Å²) in [5.74, 6) is -0.607. The Morgan fingerprint density at radius 3 is 2.48 bits per heavy atom. The number of nitrogens with two attached hydrogens (primary N) is 1. The third kappa shape index (κ3) is 6.07. The summed E-state index contributed by atoms with van der Waals surface area (Å²) in [5.41, 5.74) is 5.49. The molecule has 0 aliphatic carbocycles. The molecular formula is C21H24N6O5S. The van der Waals surface area contributed by atoms with Crippen LogP contribution >= 0.6 is 0 Å². The molecule has 11 nitrogen and oxygen atoms in total. The number of amides is 1. The van der Waals surface area contributed by atoms with Crippen LogP contribution in [0.5, 0.6) is 0 Å². The number of nitrogen functional groups attached to an aromatic ring is 1. The lowest BCUT2D eigenvalue weighted by molar-refractivity contribution is -0.121. The van der Waals surface area contributed by atoms with Crippen molar-refractivity contribution >= 4 is 27.4 Å². The summed E-state index contributed by atoms with van der Waals surface area (Å²) in [6, 6.07) is 11.7. The highest BCUT2D eigenvalue weighted by molar-refractivity contribution is 7.91. The van der Waals surface area contributed by atoms with Gasteiger partial charge in [0.1, 0.15) is 18.1 Å². The van der Waals surface area contributed by atoms with Crippen LogP contribution in [0.4, 0.5) is 11.5 Å². The van der Waals surface area contributed by atoms with E-state index >= 15 is 0 Å². The monoisotopic (exact) mass is 472 g/mol. The lowest BCUT2D eigenvalue weighted by Gasteiger charge is -2.13. The number of carbonyl (C=O) groups is 1. The van der Waals surface area contributed by atoms with Gasteiger partial charge in [0.2, 0.25) is 15.9 Å². The molecule has 0 atom stereocenters. The second-order valence-electron chi connectivity index (χ2n) is 7.43. The van der Waals surface area contributed by atoms with Gasteiger partial charge in [-0.15, -0.1) is 0 Å². The van der Waals surface area contributed by atoms with Crippen molar-refractivity contribution in [3.8, 4) is 0 Å². The molecule has 2 aromatic heterocycles. The van der Waals surface area contributed by atoms with Crippen molar-refractivity contribution in [1.29, 1.82) is 0 Å². The quantitative estimate of drug-likeness (QED) is 0.419. The van der Waals surface area contributed by atoms with Crippen molar-refractivity contribution in [1.82, 2.24) is 19.4 Å². The predicted octanol–water partition coefficient (Wildman–Crippen LogP) is 0.0909. The van der Waals surface area contributed by atoms with E-state index in [9.17, 15) is 22.8 Å². The van der Waals surface area contributed by atoms with E-state index in [0.717, 1.165) is 16.3 Å². The molecule has 0 radical (unpaired) electrons. The third-order valence-electron chi connectivity index (χ3n) is 4.79. The molecule has 1 amide bonds. The highest BCUT2D eigenvalue weighted by Gasteiger charge is 2.18. The average Bonchev–Trinajstić information content (AvgIpc) is 2.74. The Morgan fingerprint density at radius 2 is 1.82 bits per heavy atom. The molecule has 0 aliphatic heterocycles. The number of nitrogens with zero attached hydrogens (tertiary/aromatic N) is 3. The number of rotatable bonds is 8. The van der Waals surface area contributed by atoms with E-state index in [1.54, 1.807) is 49.4 Å². The third-order valence-corrected chi connectivity index (χ3v) is 6.03. The topological polar surface area (TPSA) is 158 Å². The smallest absolute Gasteiger partial charge is 0.331 e. The summed E-state index contributed by atoms with van der Waals surface area (Å²) in [5, 5.41) is 2.62. The maximum absolute atomic E-state index is 12.8. The molecule has 1 aromatic carbocycles. The van der Waals surface area contributed by atoms with Gasteiger partial charge in [0.05, 0.1) is 5.75 Å². The Balaban J connectivity index is 1.78. The van der Waals surface area contributed by atoms with Crippen LogP contribution in [0.25, 0.3) is 0 Å². The molecule has 0 fully saturated rings. The van der Waals surface area contributed by atoms with Gasteiger partial charge in [-0.3, -0.25) is 14.3 Å². The van der Waals surface area contributed by atoms with Crippen LogP contribution in [0.3, 0.4) is 0 Å². The largest absolute Gasteiger partial charge is 0.384 e. The number of hydrogen-bond donors (Lipinski definition) is 3. The number of anilines is 2. The standard InChI is InChI=1S/C21H24N6O5S/c1-14-16(8-9-18(22)24-14)10-23-19(28)12-27-20(29)17(11-26(2)21(27)30)25-33(31,32)13-15-6-4-3-5-7-15/h3-9,11,25H,10,12-13H2,1-2H3,(H2,22,24)(H,23,28). The molecule has 0 saturated carbocycles. The molecule has 12 heteroatoms. The highest BCUT2D eigenvalue weighted by Crippen LogP contribution is 2.09. The van der Waals surface area contributed by atoms with E-state index in [-0.39, 0.29) is 18.0 Å². The van der Waals surface area contributed by atoms with Gasteiger partial charge in [0.25, 0.3) is 5.56 Å². The average molecular weight is 473 g/mol. The Bertz CT molecular complexity index is 1400. The van der Waals surface area contributed by atoms with Crippen LogP contribution in [-0.2, 0) is 40.7 Å². The van der Waals surface area contributed by atoms with E-state index in [1.165, 1.54) is 7.05 Å². The number of benzene rings is 1. The van der Waals surface area contributed by atoms with Crippen LogP contribution in [-0.4, -0.2) is 28.4 Å². The van der Waals surface area contributed by atoms with Gasteiger partial charge in [0, 0.05) is 25.5 Å². The van der Waals surface area contributed by atoms with Crippen LogP contribution in [0, 0.1) is 6.92 Å². The fraction of sp³-hybridized carbons (Fsp3) is 0.238. The Labute approximate surface area is 189 Å². The van der Waals surface area contributed by atoms with Gasteiger partial charge in [-0.05, 0) is 24.1 Å². The molecular weight excluding hydrogens is 448 g/mol. The Morgan fingerprint density at radius 1 is 1.12 bits per heavy atom. The zero-order chi connectivity index (χ0) is 24.2. The molecule has 3 aromatic rings. The van der Waals surface area contributed by atoms with Crippen LogP contribution in [0.2, 0.25) is 0 Å². The van der Waals surface area contributed by atoms with Gasteiger partial charge in [-0.25, -0.2) is 22.8 Å². The molecule has 174 valence electrons. The second kappa shape index (κ2) is 9.69. The van der Waals surface area contributed by atoms with E-state index in [1.807, 2.05) is 0 Å². The summed E-state index contributed by atoms with van der Waals surface area (Å²) >= 11 is 0. The summed E-state index contributed by atoms with van der Waals surface area (Å²) in [6.07, 6.45) is 1.09. The minimum atomic E-state index is -3.94. The highest BCUT2D eigenvalue weighted by atomic mass is 32.2. The van der Waals surface area contributed by atoms with E-state index < -0.39 is 33.7 Å². The van der Waals surface area contributed by atoms with Crippen molar-refractivity contribution in [2.45, 2.75) is 25.8 Å². The van der Waals surface area contributed by atoms with Crippen molar-refractivity contribution in [2.24, 2.45) is 7.05 Å². The Hall–Kier alpha value is -3.93. The molecule has 0 bridgehead atoms. The normalized spacial score (nSPS) is 11.2. The second-order valence-corrected chi connectivity index (χ2v) is 9.15. The first-order valence-electron chi connectivity index (χ1n) is 9.89. The summed E-state index contributed by atoms with van der Waals surface area (Å²) in [7, 11) is -2.58. The molecule has 0 unspecified atom stereocenters. The molecule has 0 saturated heterocycles. The molecule has 0 spiro atoms. The molecule has 3 rings (SSSR count). The zero-order valence-corrected chi connectivity index (χ0v) is 18.9. The summed E-state index contributed by atoms with van der Waals surface area (Å²) in [6.45, 7) is 1.28. The summed E-state index contributed by atoms with van der Waals surface area (Å²) in [4.78, 5) is 41.8. The van der Waals surface area contributed by atoms with E-state index in [2.05, 4.69) is 15.0 Å². The van der Waals surface area contributed by atoms with Gasteiger partial charge >= 0.3 is 5.69 Å². The van der Waals surface area contributed by atoms with Gasteiger partial charge in [0.15, 0.2) is 0 Å². The fourth-order valence-corrected chi connectivity index (χ4v) is 4.30. The lowest BCUT2D eigenvalue weighted by Crippen LogP contribution is -2.44. The SMILES string of the molecule is Cc1nc(N)ccc1CNC(=O)Cn1c(=O)c(NS(=O)(=O)Cc2ccccc2)cn(C)c1=O. The number of aromatic nitrogens is 3. The number of pyridine rings is 1. The predicted molar refractivity (Wildman–Crippen MR) is 124 cm³/mol. The van der Waals surface area contributed by atoms with Crippen molar-refractivity contribution < 1.29 is 13.2 Å². The minimum Gasteiger partial charge on any atom is -0.384 e. The maximum Gasteiger partial charge on any atom is 0.331 e. The summed E-state index contributed by atoms with van der Waals surface area (Å²) < 4.78 is 29.0. The lowest BCUT2D eigenvalue weighted by atomic mass is 10.2. The first-order valence-corrected chi connectivity index (χ1v) is 11.5. The molecule has 0 aliphatic rings. The Kier molecular flexibility index (Phi) is 6.97. The maximum atomic E-state index is 12.8. The molecule has 2 heterocycles. The van der Waals surface area contributed by atoms with E-state index in [0.29, 0.717) is 21.6 Å². The van der Waals surface area contributed by atoms with E-state index in [4.69, 9.17) is 5.73 Å². The zero-order valence-electron chi connectivity index (χ0n) is 18.1. The van der Waals surface area contributed by atoms with Crippen LogP contribution in [0.15, 0.2) is 58.3 Å². The first-order chi connectivity index (χ1) is 15.6. The number of aryl methyl sites for hydroxylation is 2. The van der Waals surface area contributed by atoms with Gasteiger partial charge in [-0.1, -0.05) is 36.4 Å². The molecule has 33 heavy (non-hydrogen) atoms. The van der Waals surface area contributed by atoms with Crippen LogP contribution < -0.4 is 27.0 Å². The minimum absolute atomic E-state index is 0.121. The number of hydrogen-bond acceptors (Lipinski definition) is 7. The first kappa shape index (κ1) is 23.7. The molecule has 4 N–H and O–H groups in total. The van der Waals surface area contributed by atoms with Crippen molar-refractivity contribution in [3.05, 3.63) is 86.3 Å². The number of carbonyl (C=O) groups excluding carboxylic acids is 1. The number of nitrogens with one attached hydrogen (secondary N) is 2. The number of sulfonamides is 1. The van der Waals surface area contributed by atoms with Crippen molar-refractivity contribution in [2.75, 3.05) is 10.5 Å². The van der Waals surface area contributed by atoms with Crippen molar-refractivity contribution in [3.63, 3.8) is 0 Å². The van der Waals surface area contributed by atoms with Gasteiger partial charge < -0.3 is 15.6 Å². The van der Waals surface area contributed by atoms with Crippen LogP contribution in [0.1, 0.15) is 16.8 Å².